The summed E-state index contributed by atoms with van der Waals surface area (Å²) in [5, 5.41) is 0. The number of piperidine rings is 2. The SMILES string of the molecule is CC1CC[NH+](Cn2c(=S)n(C[NH+]3CCC(C)CC3)c3ccccc32)CC1. The number of aromatic nitrogens is 2. The Morgan fingerprint density at radius 3 is 1.58 bits per heavy atom. The molecule has 2 N–H and O–H groups in total. The summed E-state index contributed by atoms with van der Waals surface area (Å²) in [6.07, 6.45) is 5.38. The first kappa shape index (κ1) is 18.2. The highest BCUT2D eigenvalue weighted by molar-refractivity contribution is 7.71. The zero-order valence-electron chi connectivity index (χ0n) is 16.3. The Morgan fingerprint density at radius 2 is 1.19 bits per heavy atom. The Balaban J connectivity index is 1.60. The van der Waals surface area contributed by atoms with Gasteiger partial charge in [0.2, 0.25) is 0 Å². The fraction of sp³-hybridized carbons (Fsp3) is 0.667. The van der Waals surface area contributed by atoms with E-state index >= 15 is 0 Å². The topological polar surface area (TPSA) is 18.7 Å². The number of nitrogens with one attached hydrogen (secondary N) is 2. The summed E-state index contributed by atoms with van der Waals surface area (Å²) < 4.78 is 5.83. The predicted molar refractivity (Wildman–Crippen MR) is 109 cm³/mol. The maximum absolute atomic E-state index is 5.98. The van der Waals surface area contributed by atoms with Crippen LogP contribution in [-0.4, -0.2) is 35.3 Å². The van der Waals surface area contributed by atoms with Crippen molar-refractivity contribution in [3.63, 3.8) is 0 Å². The molecular weight excluding hydrogens is 340 g/mol. The van der Waals surface area contributed by atoms with Gasteiger partial charge in [-0.05, 0) is 61.9 Å². The molecule has 4 nitrogen and oxygen atoms in total. The molecule has 2 aliphatic heterocycles. The molecule has 2 fully saturated rings. The van der Waals surface area contributed by atoms with E-state index in [1.165, 1.54) is 62.9 Å². The number of quaternary nitrogens is 2. The van der Waals surface area contributed by atoms with Crippen LogP contribution < -0.4 is 9.80 Å². The summed E-state index contributed by atoms with van der Waals surface area (Å²) in [6.45, 7) is 11.9. The van der Waals surface area contributed by atoms with Crippen LogP contribution in [0.1, 0.15) is 39.5 Å². The van der Waals surface area contributed by atoms with E-state index in [4.69, 9.17) is 12.2 Å². The highest BCUT2D eigenvalue weighted by Crippen LogP contribution is 2.17. The molecule has 0 radical (unpaired) electrons. The minimum Gasteiger partial charge on any atom is -0.317 e. The molecular formula is C21H34N4S+2. The zero-order chi connectivity index (χ0) is 18.1. The number of likely N-dealkylation sites (tertiary alicyclic amines) is 2. The van der Waals surface area contributed by atoms with Gasteiger partial charge in [0.25, 0.3) is 0 Å². The molecule has 1 aromatic carbocycles. The minimum atomic E-state index is 0.887. The van der Waals surface area contributed by atoms with E-state index in [-0.39, 0.29) is 0 Å². The second kappa shape index (κ2) is 7.83. The Hall–Kier alpha value is -1.17. The first-order chi connectivity index (χ1) is 12.6. The van der Waals surface area contributed by atoms with Gasteiger partial charge < -0.3 is 9.80 Å². The Bertz CT molecular complexity index is 728. The van der Waals surface area contributed by atoms with E-state index in [2.05, 4.69) is 47.2 Å². The van der Waals surface area contributed by atoms with Crippen molar-refractivity contribution in [2.24, 2.45) is 11.8 Å². The molecule has 2 aromatic rings. The van der Waals surface area contributed by atoms with Crippen molar-refractivity contribution in [1.82, 2.24) is 9.13 Å². The van der Waals surface area contributed by atoms with Crippen LogP contribution in [0.25, 0.3) is 11.0 Å². The molecule has 5 heteroatoms. The van der Waals surface area contributed by atoms with Crippen LogP contribution >= 0.6 is 12.2 Å². The van der Waals surface area contributed by atoms with Gasteiger partial charge >= 0.3 is 0 Å². The molecule has 0 atom stereocenters. The van der Waals surface area contributed by atoms with E-state index in [1.807, 2.05) is 0 Å². The Morgan fingerprint density at radius 1 is 0.808 bits per heavy atom. The van der Waals surface area contributed by atoms with Gasteiger partial charge in [-0.2, -0.15) is 0 Å². The Kier molecular flexibility index (Phi) is 5.48. The van der Waals surface area contributed by atoms with Crippen LogP contribution in [0.2, 0.25) is 0 Å². The Labute approximate surface area is 162 Å². The summed E-state index contributed by atoms with van der Waals surface area (Å²) in [5.41, 5.74) is 2.63. The highest BCUT2D eigenvalue weighted by Gasteiger charge is 2.23. The lowest BCUT2D eigenvalue weighted by atomic mass is 10.00. The molecule has 0 aliphatic carbocycles. The molecule has 3 heterocycles. The molecule has 0 bridgehead atoms. The van der Waals surface area contributed by atoms with Crippen molar-refractivity contribution in [2.75, 3.05) is 26.2 Å². The molecule has 1 aromatic heterocycles. The van der Waals surface area contributed by atoms with Crippen LogP contribution in [0.5, 0.6) is 0 Å². The second-order valence-corrected chi connectivity index (χ2v) is 9.17. The first-order valence-corrected chi connectivity index (χ1v) is 10.9. The zero-order valence-corrected chi connectivity index (χ0v) is 17.2. The molecule has 2 aliphatic rings. The van der Waals surface area contributed by atoms with E-state index in [0.717, 1.165) is 29.9 Å². The number of imidazole rings is 1. The quantitative estimate of drug-likeness (QED) is 0.780. The average Bonchev–Trinajstić information content (AvgIpc) is 2.91. The number of rotatable bonds is 4. The molecule has 4 rings (SSSR count). The van der Waals surface area contributed by atoms with E-state index in [9.17, 15) is 0 Å². The number of fused-ring (bicyclic) bond motifs is 1. The van der Waals surface area contributed by atoms with Crippen molar-refractivity contribution in [1.29, 1.82) is 0 Å². The van der Waals surface area contributed by atoms with Crippen LogP contribution in [0, 0.1) is 16.6 Å². The summed E-state index contributed by atoms with van der Waals surface area (Å²) in [7, 11) is 0. The summed E-state index contributed by atoms with van der Waals surface area (Å²) in [6, 6.07) is 8.81. The molecule has 0 unspecified atom stereocenters. The van der Waals surface area contributed by atoms with Crippen LogP contribution in [-0.2, 0) is 13.3 Å². The standard InChI is InChI=1S/C21H32N4S/c1-17-7-11-22(12-8-17)15-24-19-5-3-4-6-20(19)25(21(24)26)16-23-13-9-18(2)10-14-23/h3-6,17-18H,7-16H2,1-2H3/p+2. The molecule has 142 valence electrons. The van der Waals surface area contributed by atoms with Crippen molar-refractivity contribution in [2.45, 2.75) is 52.9 Å². The lowest BCUT2D eigenvalue weighted by Gasteiger charge is -2.28. The molecule has 0 saturated carbocycles. The molecule has 0 spiro atoms. The fourth-order valence-electron chi connectivity index (χ4n) is 4.68. The van der Waals surface area contributed by atoms with Gasteiger partial charge in [-0.25, -0.2) is 0 Å². The predicted octanol–water partition coefficient (Wildman–Crippen LogP) is 1.72. The van der Waals surface area contributed by atoms with Gasteiger partial charge in [-0.15, -0.1) is 0 Å². The third-order valence-corrected chi connectivity index (χ3v) is 7.09. The number of para-hydroxylation sites is 2. The van der Waals surface area contributed by atoms with Gasteiger partial charge in [-0.3, -0.25) is 9.13 Å². The number of nitrogens with zero attached hydrogens (tertiary/aromatic N) is 2. The third kappa shape index (κ3) is 3.75. The van der Waals surface area contributed by atoms with Crippen molar-refractivity contribution < 1.29 is 9.80 Å². The van der Waals surface area contributed by atoms with Gasteiger partial charge in [0.15, 0.2) is 18.1 Å². The van der Waals surface area contributed by atoms with E-state index in [1.54, 1.807) is 9.80 Å². The third-order valence-electron chi connectivity index (χ3n) is 6.65. The summed E-state index contributed by atoms with van der Waals surface area (Å²) >= 11 is 5.98. The van der Waals surface area contributed by atoms with Gasteiger partial charge in [0.05, 0.1) is 37.2 Å². The van der Waals surface area contributed by atoms with Crippen molar-refractivity contribution in [3.8, 4) is 0 Å². The monoisotopic (exact) mass is 374 g/mol. The van der Waals surface area contributed by atoms with Gasteiger partial charge in [0.1, 0.15) is 0 Å². The van der Waals surface area contributed by atoms with Gasteiger partial charge in [-0.1, -0.05) is 26.0 Å². The van der Waals surface area contributed by atoms with Crippen LogP contribution in [0.4, 0.5) is 0 Å². The summed E-state index contributed by atoms with van der Waals surface area (Å²) in [5.74, 6) is 1.77. The van der Waals surface area contributed by atoms with Crippen LogP contribution in [0.15, 0.2) is 24.3 Å². The fourth-order valence-corrected chi connectivity index (χ4v) is 5.01. The first-order valence-electron chi connectivity index (χ1n) is 10.5. The van der Waals surface area contributed by atoms with Crippen molar-refractivity contribution in [3.05, 3.63) is 29.0 Å². The summed E-state index contributed by atoms with van der Waals surface area (Å²) in [4.78, 5) is 3.36. The van der Waals surface area contributed by atoms with E-state index in [0.29, 0.717) is 0 Å². The number of benzene rings is 1. The minimum absolute atomic E-state index is 0.887. The molecule has 26 heavy (non-hydrogen) atoms. The maximum Gasteiger partial charge on any atom is 0.189 e. The average molecular weight is 375 g/mol. The normalized spacial score (nSPS) is 29.9. The maximum atomic E-state index is 5.98. The lowest BCUT2D eigenvalue weighted by molar-refractivity contribution is -0.929. The largest absolute Gasteiger partial charge is 0.317 e. The smallest absolute Gasteiger partial charge is 0.189 e. The lowest BCUT2D eigenvalue weighted by Crippen LogP contribution is -3.12. The van der Waals surface area contributed by atoms with Gasteiger partial charge in [0, 0.05) is 0 Å². The van der Waals surface area contributed by atoms with Crippen LogP contribution in [0.3, 0.4) is 0 Å². The number of hydrogen-bond acceptors (Lipinski definition) is 1. The molecule has 2 saturated heterocycles. The number of hydrogen-bond donors (Lipinski definition) is 2. The second-order valence-electron chi connectivity index (χ2n) is 8.81. The highest BCUT2D eigenvalue weighted by atomic mass is 32.1. The van der Waals surface area contributed by atoms with Crippen molar-refractivity contribution >= 4 is 23.3 Å². The molecule has 0 amide bonds. The van der Waals surface area contributed by atoms with E-state index < -0.39 is 0 Å².